The molecule has 100 valence electrons. The van der Waals surface area contributed by atoms with Crippen LogP contribution in [0.4, 0.5) is 5.82 Å². The third-order valence-electron chi connectivity index (χ3n) is 3.64. The Morgan fingerprint density at radius 1 is 1.32 bits per heavy atom. The summed E-state index contributed by atoms with van der Waals surface area (Å²) in [4.78, 5) is 11.5. The molecule has 1 aliphatic rings. The molecule has 5 heteroatoms. The van der Waals surface area contributed by atoms with Crippen molar-refractivity contribution in [1.82, 2.24) is 9.97 Å². The zero-order chi connectivity index (χ0) is 13.2. The fourth-order valence-electron chi connectivity index (χ4n) is 2.66. The molecule has 0 spiro atoms. The van der Waals surface area contributed by atoms with Crippen LogP contribution in [0.15, 0.2) is 24.3 Å². The van der Waals surface area contributed by atoms with Crippen molar-refractivity contribution in [1.29, 1.82) is 0 Å². The molecular weight excluding hydrogens is 240 g/mol. The predicted octanol–water partition coefficient (Wildman–Crippen LogP) is 1.57. The van der Waals surface area contributed by atoms with Crippen molar-refractivity contribution in [2.75, 3.05) is 25.1 Å². The van der Waals surface area contributed by atoms with Gasteiger partial charge in [0.2, 0.25) is 0 Å². The third-order valence-corrected chi connectivity index (χ3v) is 3.64. The van der Waals surface area contributed by atoms with Gasteiger partial charge in [-0.1, -0.05) is 12.1 Å². The fourth-order valence-corrected chi connectivity index (χ4v) is 2.66. The summed E-state index contributed by atoms with van der Waals surface area (Å²) >= 11 is 0. The molecule has 2 aromatic rings. The molecule has 1 fully saturated rings. The van der Waals surface area contributed by atoms with Crippen LogP contribution in [0.1, 0.15) is 12.8 Å². The largest absolute Gasteiger partial charge is 0.478 e. The van der Waals surface area contributed by atoms with E-state index in [4.69, 9.17) is 15.5 Å². The van der Waals surface area contributed by atoms with Gasteiger partial charge in [-0.25, -0.2) is 9.97 Å². The van der Waals surface area contributed by atoms with Crippen LogP contribution in [0, 0.1) is 0 Å². The van der Waals surface area contributed by atoms with Gasteiger partial charge >= 0.3 is 0 Å². The number of para-hydroxylation sites is 2. The smallest absolute Gasteiger partial charge is 0.257 e. The lowest BCUT2D eigenvalue weighted by Gasteiger charge is -2.25. The molecule has 1 atom stereocenters. The quantitative estimate of drug-likeness (QED) is 0.905. The number of rotatable bonds is 3. The molecular formula is C14H18N4O. The minimum Gasteiger partial charge on any atom is -0.478 e. The molecule has 2 heterocycles. The Hall–Kier alpha value is -1.88. The Balaban J connectivity index is 2.10. The van der Waals surface area contributed by atoms with Gasteiger partial charge in [0.15, 0.2) is 5.82 Å². The van der Waals surface area contributed by atoms with Crippen molar-refractivity contribution in [3.05, 3.63) is 24.3 Å². The van der Waals surface area contributed by atoms with Gasteiger partial charge in [0, 0.05) is 19.1 Å². The van der Waals surface area contributed by atoms with Crippen molar-refractivity contribution in [2.45, 2.75) is 18.9 Å². The van der Waals surface area contributed by atoms with Gasteiger partial charge in [0.1, 0.15) is 0 Å². The van der Waals surface area contributed by atoms with E-state index in [-0.39, 0.29) is 0 Å². The number of aromatic nitrogens is 2. The number of nitrogens with zero attached hydrogens (tertiary/aromatic N) is 3. The van der Waals surface area contributed by atoms with Crippen LogP contribution in [-0.4, -0.2) is 36.2 Å². The maximum absolute atomic E-state index is 5.84. The zero-order valence-corrected chi connectivity index (χ0v) is 11.0. The molecule has 1 unspecified atom stereocenters. The van der Waals surface area contributed by atoms with Crippen molar-refractivity contribution < 1.29 is 4.74 Å². The van der Waals surface area contributed by atoms with Gasteiger partial charge in [0.25, 0.3) is 5.88 Å². The van der Waals surface area contributed by atoms with E-state index >= 15 is 0 Å². The maximum Gasteiger partial charge on any atom is 0.257 e. The van der Waals surface area contributed by atoms with E-state index < -0.39 is 0 Å². The van der Waals surface area contributed by atoms with E-state index in [0.29, 0.717) is 18.5 Å². The molecule has 0 amide bonds. The van der Waals surface area contributed by atoms with Gasteiger partial charge < -0.3 is 15.4 Å². The van der Waals surface area contributed by atoms with Crippen LogP contribution in [-0.2, 0) is 0 Å². The molecule has 1 aliphatic heterocycles. The van der Waals surface area contributed by atoms with Gasteiger partial charge in [0.05, 0.1) is 18.1 Å². The van der Waals surface area contributed by atoms with Crippen LogP contribution in [0.2, 0.25) is 0 Å². The van der Waals surface area contributed by atoms with Crippen molar-refractivity contribution >= 4 is 16.9 Å². The first-order valence-corrected chi connectivity index (χ1v) is 6.61. The highest BCUT2D eigenvalue weighted by molar-refractivity contribution is 5.77. The molecule has 3 rings (SSSR count). The standard InChI is InChI=1S/C14H18N4O/c1-19-14-13(18-8-4-5-10(18)9-15)16-11-6-2-3-7-12(11)17-14/h2-3,6-7,10H,4-5,8-9,15H2,1H3. The van der Waals surface area contributed by atoms with E-state index in [1.807, 2.05) is 24.3 Å². The molecule has 1 aromatic heterocycles. The summed E-state index contributed by atoms with van der Waals surface area (Å²) in [5, 5.41) is 0. The number of nitrogens with two attached hydrogens (primary N) is 1. The van der Waals surface area contributed by atoms with Crippen LogP contribution >= 0.6 is 0 Å². The molecule has 1 aromatic carbocycles. The van der Waals surface area contributed by atoms with Gasteiger partial charge in [-0.3, -0.25) is 0 Å². The Kier molecular flexibility index (Phi) is 3.21. The van der Waals surface area contributed by atoms with E-state index in [2.05, 4.69) is 9.88 Å². The lowest BCUT2D eigenvalue weighted by molar-refractivity contribution is 0.396. The lowest BCUT2D eigenvalue weighted by atomic mass is 10.2. The number of ether oxygens (including phenoxy) is 1. The molecule has 0 aliphatic carbocycles. The molecule has 2 N–H and O–H groups in total. The Morgan fingerprint density at radius 3 is 2.74 bits per heavy atom. The summed E-state index contributed by atoms with van der Waals surface area (Å²) < 4.78 is 5.40. The second-order valence-corrected chi connectivity index (χ2v) is 4.77. The van der Waals surface area contributed by atoms with Crippen molar-refractivity contribution in [3.63, 3.8) is 0 Å². The van der Waals surface area contributed by atoms with E-state index in [9.17, 15) is 0 Å². The number of benzene rings is 1. The summed E-state index contributed by atoms with van der Waals surface area (Å²) in [5.41, 5.74) is 7.58. The highest BCUT2D eigenvalue weighted by atomic mass is 16.5. The number of anilines is 1. The van der Waals surface area contributed by atoms with Crippen LogP contribution in [0.3, 0.4) is 0 Å². The summed E-state index contributed by atoms with van der Waals surface area (Å²) in [6.07, 6.45) is 2.24. The van der Waals surface area contributed by atoms with Crippen LogP contribution < -0.4 is 15.4 Å². The number of hydrogen-bond donors (Lipinski definition) is 1. The number of fused-ring (bicyclic) bond motifs is 1. The molecule has 19 heavy (non-hydrogen) atoms. The van der Waals surface area contributed by atoms with Gasteiger partial charge in [-0.05, 0) is 25.0 Å². The Bertz CT molecular complexity index is 587. The summed E-state index contributed by atoms with van der Waals surface area (Å²) in [6, 6.07) is 8.17. The lowest BCUT2D eigenvalue weighted by Crippen LogP contribution is -2.36. The SMILES string of the molecule is COc1nc2ccccc2nc1N1CCCC1CN. The minimum absolute atomic E-state index is 0.337. The average Bonchev–Trinajstić information content (AvgIpc) is 2.94. The maximum atomic E-state index is 5.84. The van der Waals surface area contributed by atoms with E-state index in [0.717, 1.165) is 36.2 Å². The van der Waals surface area contributed by atoms with Crippen LogP contribution in [0.25, 0.3) is 11.0 Å². The highest BCUT2D eigenvalue weighted by Gasteiger charge is 2.27. The molecule has 0 bridgehead atoms. The summed E-state index contributed by atoms with van der Waals surface area (Å²) in [7, 11) is 1.63. The third kappa shape index (κ3) is 2.10. The van der Waals surface area contributed by atoms with Gasteiger partial charge in [-0.15, -0.1) is 0 Å². The van der Waals surface area contributed by atoms with Crippen molar-refractivity contribution in [3.8, 4) is 5.88 Å². The van der Waals surface area contributed by atoms with E-state index in [1.165, 1.54) is 0 Å². The second kappa shape index (κ2) is 5.01. The molecule has 0 saturated carbocycles. The molecule has 5 nitrogen and oxygen atoms in total. The molecule has 1 saturated heterocycles. The Morgan fingerprint density at radius 2 is 2.05 bits per heavy atom. The van der Waals surface area contributed by atoms with Gasteiger partial charge in [-0.2, -0.15) is 0 Å². The molecule has 0 radical (unpaired) electrons. The zero-order valence-electron chi connectivity index (χ0n) is 11.0. The minimum atomic E-state index is 0.337. The fraction of sp³-hybridized carbons (Fsp3) is 0.429. The Labute approximate surface area is 112 Å². The summed E-state index contributed by atoms with van der Waals surface area (Å²) in [6.45, 7) is 1.60. The number of methoxy groups -OCH3 is 1. The van der Waals surface area contributed by atoms with Crippen molar-refractivity contribution in [2.24, 2.45) is 5.73 Å². The monoisotopic (exact) mass is 258 g/mol. The van der Waals surface area contributed by atoms with E-state index in [1.54, 1.807) is 7.11 Å². The average molecular weight is 258 g/mol. The van der Waals surface area contributed by atoms with Crippen LogP contribution in [0.5, 0.6) is 5.88 Å². The normalized spacial score (nSPS) is 19.1. The predicted molar refractivity (Wildman–Crippen MR) is 75.5 cm³/mol. The first-order valence-electron chi connectivity index (χ1n) is 6.61. The first kappa shape index (κ1) is 12.2. The second-order valence-electron chi connectivity index (χ2n) is 4.77. The summed E-state index contributed by atoms with van der Waals surface area (Å²) in [5.74, 6) is 1.40. The highest BCUT2D eigenvalue weighted by Crippen LogP contribution is 2.31. The number of hydrogen-bond acceptors (Lipinski definition) is 5. The topological polar surface area (TPSA) is 64.3 Å². The first-order chi connectivity index (χ1) is 9.33.